The highest BCUT2D eigenvalue weighted by Gasteiger charge is 2.37. The molecule has 0 radical (unpaired) electrons. The Kier molecular flexibility index (Phi) is 4.87. The third-order valence-electron chi connectivity index (χ3n) is 5.04. The standard InChI is InChI=1S/C15H30N2/c1-2-5-14-6-3-10-17(11-7-14)13-15(12-16)8-4-9-15/h14H,2-13,16H2,1H3. The molecule has 0 bridgehead atoms. The Balaban J connectivity index is 1.78. The normalized spacial score (nSPS) is 29.6. The third kappa shape index (κ3) is 3.45. The van der Waals surface area contributed by atoms with Crippen molar-refractivity contribution in [2.75, 3.05) is 26.2 Å². The van der Waals surface area contributed by atoms with Crippen molar-refractivity contribution in [1.82, 2.24) is 4.90 Å². The van der Waals surface area contributed by atoms with Crippen molar-refractivity contribution in [1.29, 1.82) is 0 Å². The molecule has 0 aromatic carbocycles. The number of rotatable bonds is 5. The van der Waals surface area contributed by atoms with Gasteiger partial charge >= 0.3 is 0 Å². The van der Waals surface area contributed by atoms with Crippen LogP contribution in [0.2, 0.25) is 0 Å². The Labute approximate surface area is 107 Å². The second-order valence-corrected chi connectivity index (χ2v) is 6.42. The first-order valence-corrected chi connectivity index (χ1v) is 7.70. The minimum absolute atomic E-state index is 0.505. The molecule has 1 aliphatic carbocycles. The molecule has 2 N–H and O–H groups in total. The van der Waals surface area contributed by atoms with Crippen LogP contribution in [-0.2, 0) is 0 Å². The van der Waals surface area contributed by atoms with E-state index in [2.05, 4.69) is 11.8 Å². The highest BCUT2D eigenvalue weighted by Crippen LogP contribution is 2.41. The van der Waals surface area contributed by atoms with E-state index in [9.17, 15) is 0 Å². The lowest BCUT2D eigenvalue weighted by molar-refractivity contribution is 0.0759. The topological polar surface area (TPSA) is 29.3 Å². The summed E-state index contributed by atoms with van der Waals surface area (Å²) in [5.41, 5.74) is 6.48. The van der Waals surface area contributed by atoms with E-state index in [1.54, 1.807) is 0 Å². The minimum Gasteiger partial charge on any atom is -0.330 e. The van der Waals surface area contributed by atoms with E-state index >= 15 is 0 Å². The van der Waals surface area contributed by atoms with Crippen LogP contribution in [0.1, 0.15) is 58.3 Å². The van der Waals surface area contributed by atoms with E-state index in [-0.39, 0.29) is 0 Å². The lowest BCUT2D eigenvalue weighted by Crippen LogP contribution is -2.47. The Bertz CT molecular complexity index is 217. The second kappa shape index (κ2) is 6.19. The molecule has 1 saturated heterocycles. The van der Waals surface area contributed by atoms with E-state index in [4.69, 9.17) is 5.73 Å². The Morgan fingerprint density at radius 3 is 2.59 bits per heavy atom. The van der Waals surface area contributed by atoms with Crippen LogP contribution < -0.4 is 5.73 Å². The Morgan fingerprint density at radius 1 is 1.18 bits per heavy atom. The maximum atomic E-state index is 5.97. The monoisotopic (exact) mass is 238 g/mol. The van der Waals surface area contributed by atoms with E-state index in [0.717, 1.165) is 12.5 Å². The largest absolute Gasteiger partial charge is 0.330 e. The van der Waals surface area contributed by atoms with Gasteiger partial charge in [0.2, 0.25) is 0 Å². The minimum atomic E-state index is 0.505. The Hall–Kier alpha value is -0.0800. The Morgan fingerprint density at radius 2 is 2.00 bits per heavy atom. The van der Waals surface area contributed by atoms with Gasteiger partial charge in [-0.25, -0.2) is 0 Å². The van der Waals surface area contributed by atoms with Crippen molar-refractivity contribution >= 4 is 0 Å². The molecular weight excluding hydrogens is 208 g/mol. The van der Waals surface area contributed by atoms with Gasteiger partial charge in [0.1, 0.15) is 0 Å². The average Bonchev–Trinajstić information content (AvgIpc) is 2.50. The first-order valence-electron chi connectivity index (χ1n) is 7.70. The summed E-state index contributed by atoms with van der Waals surface area (Å²) in [6.07, 6.45) is 11.2. The molecular formula is C15H30N2. The van der Waals surface area contributed by atoms with Gasteiger partial charge < -0.3 is 10.6 Å². The van der Waals surface area contributed by atoms with Crippen LogP contribution in [-0.4, -0.2) is 31.1 Å². The number of likely N-dealkylation sites (tertiary alicyclic amines) is 1. The van der Waals surface area contributed by atoms with Gasteiger partial charge in [0.15, 0.2) is 0 Å². The summed E-state index contributed by atoms with van der Waals surface area (Å²) in [5, 5.41) is 0. The lowest BCUT2D eigenvalue weighted by atomic mass is 9.68. The number of hydrogen-bond acceptors (Lipinski definition) is 2. The van der Waals surface area contributed by atoms with Crippen LogP contribution in [0, 0.1) is 11.3 Å². The molecule has 0 spiro atoms. The van der Waals surface area contributed by atoms with Gasteiger partial charge in [-0.15, -0.1) is 0 Å². The van der Waals surface area contributed by atoms with Gasteiger partial charge in [-0.2, -0.15) is 0 Å². The van der Waals surface area contributed by atoms with Crippen LogP contribution in [0.15, 0.2) is 0 Å². The highest BCUT2D eigenvalue weighted by atomic mass is 15.1. The molecule has 2 aliphatic rings. The van der Waals surface area contributed by atoms with Crippen LogP contribution >= 0.6 is 0 Å². The number of hydrogen-bond donors (Lipinski definition) is 1. The van der Waals surface area contributed by atoms with E-state index in [1.165, 1.54) is 71.0 Å². The third-order valence-corrected chi connectivity index (χ3v) is 5.04. The molecule has 1 unspecified atom stereocenters. The molecule has 0 amide bonds. The van der Waals surface area contributed by atoms with E-state index < -0.39 is 0 Å². The summed E-state index contributed by atoms with van der Waals surface area (Å²) < 4.78 is 0. The van der Waals surface area contributed by atoms with Crippen LogP contribution in [0.25, 0.3) is 0 Å². The fourth-order valence-electron chi connectivity index (χ4n) is 3.66. The average molecular weight is 238 g/mol. The van der Waals surface area contributed by atoms with Gasteiger partial charge in [-0.3, -0.25) is 0 Å². The maximum absolute atomic E-state index is 5.97. The van der Waals surface area contributed by atoms with Gasteiger partial charge in [0.25, 0.3) is 0 Å². The quantitative estimate of drug-likeness (QED) is 0.798. The predicted molar refractivity (Wildman–Crippen MR) is 74.0 cm³/mol. The lowest BCUT2D eigenvalue weighted by Gasteiger charge is -2.44. The zero-order valence-corrected chi connectivity index (χ0v) is 11.6. The molecule has 1 heterocycles. The number of nitrogens with zero attached hydrogens (tertiary/aromatic N) is 1. The SMILES string of the molecule is CCCC1CCCN(CC2(CN)CCC2)CC1. The first-order chi connectivity index (χ1) is 8.28. The maximum Gasteiger partial charge on any atom is 0.00501 e. The summed E-state index contributed by atoms with van der Waals surface area (Å²) in [5.74, 6) is 1.00. The molecule has 1 saturated carbocycles. The van der Waals surface area contributed by atoms with Gasteiger partial charge in [-0.05, 0) is 63.1 Å². The second-order valence-electron chi connectivity index (χ2n) is 6.42. The molecule has 0 aromatic heterocycles. The van der Waals surface area contributed by atoms with Crippen molar-refractivity contribution < 1.29 is 0 Å². The molecule has 2 heteroatoms. The van der Waals surface area contributed by atoms with E-state index in [1.807, 2.05) is 0 Å². The predicted octanol–water partition coefficient (Wildman–Crippen LogP) is 3.02. The summed E-state index contributed by atoms with van der Waals surface area (Å²) in [6.45, 7) is 7.15. The zero-order valence-electron chi connectivity index (χ0n) is 11.6. The zero-order chi connectivity index (χ0) is 12.1. The first kappa shape index (κ1) is 13.4. The van der Waals surface area contributed by atoms with Crippen molar-refractivity contribution in [3.63, 3.8) is 0 Å². The van der Waals surface area contributed by atoms with Crippen LogP contribution in [0.5, 0.6) is 0 Å². The van der Waals surface area contributed by atoms with Crippen molar-refractivity contribution in [3.05, 3.63) is 0 Å². The number of nitrogens with two attached hydrogens (primary N) is 1. The summed E-state index contributed by atoms with van der Waals surface area (Å²) in [6, 6.07) is 0. The molecule has 17 heavy (non-hydrogen) atoms. The molecule has 1 aliphatic heterocycles. The molecule has 0 aromatic rings. The highest BCUT2D eigenvalue weighted by molar-refractivity contribution is 4.91. The fraction of sp³-hybridized carbons (Fsp3) is 1.00. The van der Waals surface area contributed by atoms with Crippen molar-refractivity contribution in [3.8, 4) is 0 Å². The molecule has 100 valence electrons. The van der Waals surface area contributed by atoms with Crippen molar-refractivity contribution in [2.45, 2.75) is 58.3 Å². The molecule has 2 rings (SSSR count). The van der Waals surface area contributed by atoms with Gasteiger partial charge in [-0.1, -0.05) is 26.2 Å². The molecule has 1 atom stereocenters. The van der Waals surface area contributed by atoms with Crippen LogP contribution in [0.4, 0.5) is 0 Å². The van der Waals surface area contributed by atoms with Crippen LogP contribution in [0.3, 0.4) is 0 Å². The summed E-state index contributed by atoms with van der Waals surface area (Å²) in [7, 11) is 0. The van der Waals surface area contributed by atoms with Gasteiger partial charge in [0, 0.05) is 6.54 Å². The molecule has 2 nitrogen and oxygen atoms in total. The van der Waals surface area contributed by atoms with Gasteiger partial charge in [0.05, 0.1) is 0 Å². The molecule has 2 fully saturated rings. The fourth-order valence-corrected chi connectivity index (χ4v) is 3.66. The summed E-state index contributed by atoms with van der Waals surface area (Å²) in [4.78, 5) is 2.71. The smallest absolute Gasteiger partial charge is 0.00501 e. The van der Waals surface area contributed by atoms with E-state index in [0.29, 0.717) is 5.41 Å². The van der Waals surface area contributed by atoms with Crippen molar-refractivity contribution in [2.24, 2.45) is 17.1 Å². The summed E-state index contributed by atoms with van der Waals surface area (Å²) >= 11 is 0.